The van der Waals surface area contributed by atoms with Crippen molar-refractivity contribution in [1.82, 2.24) is 20.8 Å². The summed E-state index contributed by atoms with van der Waals surface area (Å²) in [5, 5.41) is 10.5. The van der Waals surface area contributed by atoms with Crippen molar-refractivity contribution in [1.29, 1.82) is 0 Å². The number of amides is 1. The standard InChI is InChI=1S/C22H24N4O3/c1-15-19(21(26-29-15)16-6-3-2-4-7-16)14-28-20-10-9-17(12-24-20)22(27)25-18-8-5-11-23-13-18/h2-4,6-7,9-10,12,18,23H,5,8,11,13-14H2,1H3,(H,25,27). The van der Waals surface area contributed by atoms with Crippen LogP contribution in [0.4, 0.5) is 0 Å². The molecule has 1 atom stereocenters. The van der Waals surface area contributed by atoms with Crippen LogP contribution in [0.25, 0.3) is 11.3 Å². The van der Waals surface area contributed by atoms with Crippen LogP contribution < -0.4 is 15.4 Å². The first-order valence-corrected chi connectivity index (χ1v) is 9.81. The van der Waals surface area contributed by atoms with Crippen LogP contribution in [-0.4, -0.2) is 35.2 Å². The number of aryl methyl sites for hydroxylation is 1. The molecule has 7 heteroatoms. The number of carbonyl (C=O) groups is 1. The van der Waals surface area contributed by atoms with Gasteiger partial charge < -0.3 is 19.9 Å². The van der Waals surface area contributed by atoms with Crippen LogP contribution in [0.1, 0.15) is 34.5 Å². The molecule has 3 heterocycles. The van der Waals surface area contributed by atoms with Gasteiger partial charge in [0.15, 0.2) is 0 Å². The number of carbonyl (C=O) groups excluding carboxylic acids is 1. The quantitative estimate of drug-likeness (QED) is 0.670. The van der Waals surface area contributed by atoms with Crippen molar-refractivity contribution in [2.75, 3.05) is 13.1 Å². The molecule has 3 aromatic rings. The first kappa shape index (κ1) is 19.1. The summed E-state index contributed by atoms with van der Waals surface area (Å²) in [7, 11) is 0. The zero-order valence-electron chi connectivity index (χ0n) is 16.4. The van der Waals surface area contributed by atoms with Crippen LogP contribution in [0.2, 0.25) is 0 Å². The Morgan fingerprint density at radius 1 is 1.28 bits per heavy atom. The highest BCUT2D eigenvalue weighted by Crippen LogP contribution is 2.26. The molecule has 1 aliphatic heterocycles. The van der Waals surface area contributed by atoms with Crippen LogP contribution in [0.15, 0.2) is 53.2 Å². The van der Waals surface area contributed by atoms with Gasteiger partial charge in [0.2, 0.25) is 5.88 Å². The third-order valence-corrected chi connectivity index (χ3v) is 5.03. The third-order valence-electron chi connectivity index (χ3n) is 5.03. The molecular weight excluding hydrogens is 368 g/mol. The van der Waals surface area contributed by atoms with Gasteiger partial charge in [-0.25, -0.2) is 4.98 Å². The number of aromatic nitrogens is 2. The lowest BCUT2D eigenvalue weighted by molar-refractivity contribution is 0.0930. The minimum absolute atomic E-state index is 0.112. The van der Waals surface area contributed by atoms with Gasteiger partial charge >= 0.3 is 0 Å². The summed E-state index contributed by atoms with van der Waals surface area (Å²) in [6.45, 7) is 3.96. The summed E-state index contributed by atoms with van der Waals surface area (Å²) in [4.78, 5) is 16.6. The number of benzene rings is 1. The predicted molar refractivity (Wildman–Crippen MR) is 109 cm³/mol. The van der Waals surface area contributed by atoms with Gasteiger partial charge in [-0.3, -0.25) is 4.79 Å². The molecule has 1 unspecified atom stereocenters. The summed E-state index contributed by atoms with van der Waals surface area (Å²) in [6, 6.07) is 13.4. The Morgan fingerprint density at radius 3 is 2.86 bits per heavy atom. The van der Waals surface area contributed by atoms with Crippen LogP contribution in [-0.2, 0) is 6.61 Å². The monoisotopic (exact) mass is 392 g/mol. The number of nitrogens with zero attached hydrogens (tertiary/aromatic N) is 2. The molecule has 1 amide bonds. The lowest BCUT2D eigenvalue weighted by atomic mass is 10.1. The maximum atomic E-state index is 12.4. The van der Waals surface area contributed by atoms with Crippen molar-refractivity contribution in [2.24, 2.45) is 0 Å². The largest absolute Gasteiger partial charge is 0.473 e. The van der Waals surface area contributed by atoms with Crippen molar-refractivity contribution in [3.63, 3.8) is 0 Å². The van der Waals surface area contributed by atoms with Crippen molar-refractivity contribution in [2.45, 2.75) is 32.4 Å². The molecular formula is C22H24N4O3. The number of pyridine rings is 1. The summed E-state index contributed by atoms with van der Waals surface area (Å²) in [6.07, 6.45) is 3.61. The zero-order chi connectivity index (χ0) is 20.1. The van der Waals surface area contributed by atoms with Crippen LogP contribution in [0, 0.1) is 6.92 Å². The molecule has 29 heavy (non-hydrogen) atoms. The molecule has 150 valence electrons. The van der Waals surface area contributed by atoms with E-state index >= 15 is 0 Å². The van der Waals surface area contributed by atoms with E-state index in [4.69, 9.17) is 9.26 Å². The topological polar surface area (TPSA) is 89.3 Å². The van der Waals surface area contributed by atoms with Crippen LogP contribution in [0.5, 0.6) is 5.88 Å². The maximum Gasteiger partial charge on any atom is 0.253 e. The second kappa shape index (κ2) is 8.87. The lowest BCUT2D eigenvalue weighted by Gasteiger charge is -2.23. The summed E-state index contributed by atoms with van der Waals surface area (Å²) in [5.74, 6) is 1.04. The van der Waals surface area contributed by atoms with Crippen molar-refractivity contribution < 1.29 is 14.1 Å². The van der Waals surface area contributed by atoms with Gasteiger partial charge in [-0.2, -0.15) is 0 Å². The Labute approximate surface area is 169 Å². The highest BCUT2D eigenvalue weighted by atomic mass is 16.5. The average molecular weight is 392 g/mol. The molecule has 2 N–H and O–H groups in total. The lowest BCUT2D eigenvalue weighted by Crippen LogP contribution is -2.45. The normalized spacial score (nSPS) is 16.4. The first-order valence-electron chi connectivity index (χ1n) is 9.81. The van der Waals surface area contributed by atoms with E-state index in [0.29, 0.717) is 17.2 Å². The van der Waals surface area contributed by atoms with Crippen molar-refractivity contribution in [3.05, 3.63) is 65.5 Å². The predicted octanol–water partition coefficient (Wildman–Crippen LogP) is 3.11. The molecule has 7 nitrogen and oxygen atoms in total. The van der Waals surface area contributed by atoms with E-state index in [-0.39, 0.29) is 18.6 Å². The minimum atomic E-state index is -0.112. The molecule has 1 aromatic carbocycles. The van der Waals surface area contributed by atoms with Crippen LogP contribution >= 0.6 is 0 Å². The van der Waals surface area contributed by atoms with Gasteiger partial charge in [-0.15, -0.1) is 0 Å². The van der Waals surface area contributed by atoms with Crippen molar-refractivity contribution in [3.8, 4) is 17.1 Å². The van der Waals surface area contributed by atoms with Crippen molar-refractivity contribution >= 4 is 5.91 Å². The molecule has 1 aliphatic rings. The highest BCUT2D eigenvalue weighted by molar-refractivity contribution is 5.94. The second-order valence-corrected chi connectivity index (χ2v) is 7.12. The molecule has 0 aliphatic carbocycles. The van der Waals surface area contributed by atoms with E-state index in [1.807, 2.05) is 37.3 Å². The Bertz CT molecular complexity index is 948. The summed E-state index contributed by atoms with van der Waals surface area (Å²) >= 11 is 0. The molecule has 2 aromatic heterocycles. The fourth-order valence-corrected chi connectivity index (χ4v) is 3.37. The molecule has 0 saturated carbocycles. The number of nitrogens with one attached hydrogen (secondary N) is 2. The van der Waals surface area contributed by atoms with Gasteiger partial charge in [0.25, 0.3) is 5.91 Å². The molecule has 4 rings (SSSR count). The van der Waals surface area contributed by atoms with Gasteiger partial charge in [-0.05, 0) is 32.4 Å². The Morgan fingerprint density at radius 2 is 2.14 bits per heavy atom. The van der Waals surface area contributed by atoms with E-state index in [9.17, 15) is 4.79 Å². The molecule has 0 radical (unpaired) electrons. The maximum absolute atomic E-state index is 12.4. The fraction of sp³-hybridized carbons (Fsp3) is 0.318. The number of rotatable bonds is 6. The average Bonchev–Trinajstić information content (AvgIpc) is 3.14. The molecule has 0 bridgehead atoms. The third kappa shape index (κ3) is 4.63. The second-order valence-electron chi connectivity index (χ2n) is 7.12. The summed E-state index contributed by atoms with van der Waals surface area (Å²) < 4.78 is 11.2. The molecule has 1 saturated heterocycles. The minimum Gasteiger partial charge on any atom is -0.473 e. The van der Waals surface area contributed by atoms with E-state index in [1.54, 1.807) is 18.3 Å². The molecule has 0 spiro atoms. The smallest absolute Gasteiger partial charge is 0.253 e. The number of piperidine rings is 1. The van der Waals surface area contributed by atoms with Gasteiger partial charge in [0, 0.05) is 30.4 Å². The number of ether oxygens (including phenoxy) is 1. The van der Waals surface area contributed by atoms with Gasteiger partial charge in [0.1, 0.15) is 18.1 Å². The fourth-order valence-electron chi connectivity index (χ4n) is 3.37. The molecule has 1 fully saturated rings. The summed E-state index contributed by atoms with van der Waals surface area (Å²) in [5.41, 5.74) is 3.14. The first-order chi connectivity index (χ1) is 14.2. The Balaban J connectivity index is 1.39. The Kier molecular flexibility index (Phi) is 5.86. The number of hydrogen-bond donors (Lipinski definition) is 2. The van der Waals surface area contributed by atoms with Gasteiger partial charge in [-0.1, -0.05) is 35.5 Å². The van der Waals surface area contributed by atoms with E-state index < -0.39 is 0 Å². The highest BCUT2D eigenvalue weighted by Gasteiger charge is 2.17. The van der Waals surface area contributed by atoms with E-state index in [1.165, 1.54) is 0 Å². The SMILES string of the molecule is Cc1onc(-c2ccccc2)c1COc1ccc(C(=O)NC2CCCNC2)cn1. The van der Waals surface area contributed by atoms with E-state index in [0.717, 1.165) is 42.8 Å². The van der Waals surface area contributed by atoms with Crippen LogP contribution in [0.3, 0.4) is 0 Å². The van der Waals surface area contributed by atoms with Gasteiger partial charge in [0.05, 0.1) is 11.1 Å². The number of hydrogen-bond acceptors (Lipinski definition) is 6. The Hall–Kier alpha value is -3.19. The zero-order valence-corrected chi connectivity index (χ0v) is 16.4. The van der Waals surface area contributed by atoms with E-state index in [2.05, 4.69) is 20.8 Å².